The molecule has 4 nitrogen and oxygen atoms in total. The second-order valence-electron chi connectivity index (χ2n) is 5.94. The summed E-state index contributed by atoms with van der Waals surface area (Å²) in [6.07, 6.45) is 0. The molecule has 0 aromatic heterocycles. The predicted octanol–water partition coefficient (Wildman–Crippen LogP) is 4.48. The molecule has 0 bridgehead atoms. The van der Waals surface area contributed by atoms with Crippen molar-refractivity contribution in [1.82, 2.24) is 9.80 Å². The second kappa shape index (κ2) is 8.04. The third-order valence-electron chi connectivity index (χ3n) is 4.14. The first kappa shape index (κ1) is 18.0. The number of piperazine rings is 1. The molecule has 0 unspecified atom stereocenters. The molecule has 7 heteroatoms. The second-order valence-corrected chi connectivity index (χ2v) is 6.78. The Bertz CT molecular complexity index is 764. The molecule has 2 aromatic rings. The van der Waals surface area contributed by atoms with Crippen molar-refractivity contribution in [3.63, 3.8) is 0 Å². The fraction of sp³-hybridized carbons (Fsp3) is 0.278. The van der Waals surface area contributed by atoms with Crippen LogP contribution in [0.2, 0.25) is 10.0 Å². The Morgan fingerprint density at radius 1 is 1.08 bits per heavy atom. The van der Waals surface area contributed by atoms with Gasteiger partial charge in [-0.15, -0.1) is 0 Å². The molecule has 0 aliphatic carbocycles. The number of nitrogens with zero attached hydrogens (tertiary/aromatic N) is 2. The van der Waals surface area contributed by atoms with E-state index in [4.69, 9.17) is 23.2 Å². The van der Waals surface area contributed by atoms with E-state index in [1.165, 1.54) is 12.1 Å². The number of nitrogens with one attached hydrogen (secondary N) is 1. The first-order valence-corrected chi connectivity index (χ1v) is 8.74. The number of rotatable bonds is 3. The fourth-order valence-corrected chi connectivity index (χ4v) is 3.19. The van der Waals surface area contributed by atoms with Crippen LogP contribution >= 0.6 is 23.2 Å². The van der Waals surface area contributed by atoms with Crippen LogP contribution in [0.1, 0.15) is 5.56 Å². The Labute approximate surface area is 156 Å². The lowest BCUT2D eigenvalue weighted by molar-refractivity contribution is 0.143. The number of halogens is 3. The normalized spacial score (nSPS) is 15.2. The van der Waals surface area contributed by atoms with Gasteiger partial charge in [-0.1, -0.05) is 35.3 Å². The van der Waals surface area contributed by atoms with E-state index >= 15 is 0 Å². The van der Waals surface area contributed by atoms with E-state index in [0.717, 1.165) is 18.7 Å². The number of urea groups is 1. The molecular formula is C18H18Cl2FN3O. The van der Waals surface area contributed by atoms with E-state index in [9.17, 15) is 9.18 Å². The van der Waals surface area contributed by atoms with Crippen LogP contribution in [0, 0.1) is 5.82 Å². The van der Waals surface area contributed by atoms with Crippen LogP contribution < -0.4 is 5.32 Å². The predicted molar refractivity (Wildman–Crippen MR) is 98.7 cm³/mol. The Kier molecular flexibility index (Phi) is 5.78. The SMILES string of the molecule is O=C(Nc1cccc(Cl)c1)N1CCN(Cc2ccc(F)cc2Cl)CC1. The standard InChI is InChI=1S/C18H18Cl2FN3O/c19-14-2-1-3-16(10-14)22-18(25)24-8-6-23(7-9-24)12-13-4-5-15(21)11-17(13)20/h1-5,10-11H,6-9,12H2,(H,22,25). The monoisotopic (exact) mass is 381 g/mol. The number of benzene rings is 2. The summed E-state index contributed by atoms with van der Waals surface area (Å²) in [5.41, 5.74) is 1.57. The van der Waals surface area contributed by atoms with Gasteiger partial charge in [-0.3, -0.25) is 4.90 Å². The van der Waals surface area contributed by atoms with Crippen LogP contribution in [0.4, 0.5) is 14.9 Å². The van der Waals surface area contributed by atoms with Gasteiger partial charge in [0.25, 0.3) is 0 Å². The maximum absolute atomic E-state index is 13.1. The molecule has 1 saturated heterocycles. The molecule has 2 aromatic carbocycles. The molecule has 2 amide bonds. The molecule has 0 saturated carbocycles. The van der Waals surface area contributed by atoms with Crippen molar-refractivity contribution in [3.05, 3.63) is 63.9 Å². The van der Waals surface area contributed by atoms with Crippen molar-refractivity contribution < 1.29 is 9.18 Å². The van der Waals surface area contributed by atoms with Crippen molar-refractivity contribution in [3.8, 4) is 0 Å². The van der Waals surface area contributed by atoms with Gasteiger partial charge in [0.15, 0.2) is 0 Å². The summed E-state index contributed by atoms with van der Waals surface area (Å²) in [7, 11) is 0. The smallest absolute Gasteiger partial charge is 0.321 e. The Balaban J connectivity index is 1.52. The van der Waals surface area contributed by atoms with Crippen molar-refractivity contribution in [1.29, 1.82) is 0 Å². The van der Waals surface area contributed by atoms with Crippen molar-refractivity contribution in [2.24, 2.45) is 0 Å². The minimum absolute atomic E-state index is 0.137. The third kappa shape index (κ3) is 4.84. The summed E-state index contributed by atoms with van der Waals surface area (Å²) in [6, 6.07) is 11.4. The Hall–Kier alpha value is -1.82. The highest BCUT2D eigenvalue weighted by Gasteiger charge is 2.21. The Morgan fingerprint density at radius 2 is 1.84 bits per heavy atom. The summed E-state index contributed by atoms with van der Waals surface area (Å²) < 4.78 is 13.1. The number of amides is 2. The summed E-state index contributed by atoms with van der Waals surface area (Å²) in [4.78, 5) is 16.3. The summed E-state index contributed by atoms with van der Waals surface area (Å²) in [6.45, 7) is 3.34. The minimum Gasteiger partial charge on any atom is -0.322 e. The summed E-state index contributed by atoms with van der Waals surface area (Å²) >= 11 is 12.0. The van der Waals surface area contributed by atoms with Gasteiger partial charge in [0, 0.05) is 48.5 Å². The molecule has 0 atom stereocenters. The zero-order chi connectivity index (χ0) is 17.8. The van der Waals surface area contributed by atoms with E-state index in [2.05, 4.69) is 10.2 Å². The number of hydrogen-bond acceptors (Lipinski definition) is 2. The molecule has 132 valence electrons. The lowest BCUT2D eigenvalue weighted by Gasteiger charge is -2.34. The van der Waals surface area contributed by atoms with Gasteiger partial charge < -0.3 is 10.2 Å². The van der Waals surface area contributed by atoms with Crippen LogP contribution in [0.3, 0.4) is 0 Å². The van der Waals surface area contributed by atoms with Crippen molar-refractivity contribution in [2.45, 2.75) is 6.54 Å². The first-order valence-electron chi connectivity index (χ1n) is 7.99. The molecule has 25 heavy (non-hydrogen) atoms. The summed E-state index contributed by atoms with van der Waals surface area (Å²) in [5, 5.41) is 3.87. The zero-order valence-corrected chi connectivity index (χ0v) is 15.0. The first-order chi connectivity index (χ1) is 12.0. The minimum atomic E-state index is -0.337. The molecule has 0 spiro atoms. The lowest BCUT2D eigenvalue weighted by atomic mass is 10.2. The average molecular weight is 382 g/mol. The molecule has 1 aliphatic heterocycles. The lowest BCUT2D eigenvalue weighted by Crippen LogP contribution is -2.49. The number of carbonyl (C=O) groups is 1. The van der Waals surface area contributed by atoms with Gasteiger partial charge >= 0.3 is 6.03 Å². The van der Waals surface area contributed by atoms with E-state index < -0.39 is 0 Å². The third-order valence-corrected chi connectivity index (χ3v) is 4.73. The van der Waals surface area contributed by atoms with Gasteiger partial charge in [-0.2, -0.15) is 0 Å². The molecule has 0 radical (unpaired) electrons. The van der Waals surface area contributed by atoms with E-state index in [0.29, 0.717) is 35.4 Å². The highest BCUT2D eigenvalue weighted by atomic mass is 35.5. The quantitative estimate of drug-likeness (QED) is 0.850. The van der Waals surface area contributed by atoms with Crippen LogP contribution in [0.5, 0.6) is 0 Å². The number of carbonyl (C=O) groups excluding carboxylic acids is 1. The van der Waals surface area contributed by atoms with Crippen LogP contribution in [0.15, 0.2) is 42.5 Å². The molecule has 1 N–H and O–H groups in total. The molecule has 3 rings (SSSR count). The molecule has 1 aliphatic rings. The van der Waals surface area contributed by atoms with E-state index in [-0.39, 0.29) is 11.8 Å². The van der Waals surface area contributed by atoms with Crippen LogP contribution in [-0.4, -0.2) is 42.0 Å². The highest BCUT2D eigenvalue weighted by molar-refractivity contribution is 6.31. The molecule has 1 fully saturated rings. The van der Waals surface area contributed by atoms with E-state index in [1.807, 2.05) is 0 Å². The van der Waals surface area contributed by atoms with Gasteiger partial charge in [-0.05, 0) is 35.9 Å². The van der Waals surface area contributed by atoms with E-state index in [1.54, 1.807) is 35.2 Å². The maximum Gasteiger partial charge on any atom is 0.321 e. The maximum atomic E-state index is 13.1. The topological polar surface area (TPSA) is 35.6 Å². The van der Waals surface area contributed by atoms with Crippen molar-refractivity contribution in [2.75, 3.05) is 31.5 Å². The van der Waals surface area contributed by atoms with Gasteiger partial charge in [-0.25, -0.2) is 9.18 Å². The fourth-order valence-electron chi connectivity index (χ4n) is 2.77. The molecule has 1 heterocycles. The highest BCUT2D eigenvalue weighted by Crippen LogP contribution is 2.20. The number of hydrogen-bond donors (Lipinski definition) is 1. The van der Waals surface area contributed by atoms with Crippen LogP contribution in [-0.2, 0) is 6.54 Å². The van der Waals surface area contributed by atoms with Gasteiger partial charge in [0.05, 0.1) is 0 Å². The van der Waals surface area contributed by atoms with Gasteiger partial charge in [0.1, 0.15) is 5.82 Å². The zero-order valence-electron chi connectivity index (χ0n) is 13.5. The van der Waals surface area contributed by atoms with Crippen LogP contribution in [0.25, 0.3) is 0 Å². The van der Waals surface area contributed by atoms with Gasteiger partial charge in [0.2, 0.25) is 0 Å². The summed E-state index contributed by atoms with van der Waals surface area (Å²) in [5.74, 6) is -0.337. The largest absolute Gasteiger partial charge is 0.322 e. The Morgan fingerprint density at radius 3 is 2.52 bits per heavy atom. The van der Waals surface area contributed by atoms with Crippen molar-refractivity contribution >= 4 is 34.9 Å². The molecular weight excluding hydrogens is 364 g/mol. The average Bonchev–Trinajstić information content (AvgIpc) is 2.58. The number of anilines is 1.